The SMILES string of the molecule is Cc1ccc(NC(=O)NC(=O)C[NH+](C)Cc2ccccc2Cl)c(C)c1. The van der Waals surface area contributed by atoms with E-state index >= 15 is 0 Å². The summed E-state index contributed by atoms with van der Waals surface area (Å²) in [5.41, 5.74) is 3.72. The molecule has 0 aliphatic rings. The van der Waals surface area contributed by atoms with Gasteiger partial charge in [0.2, 0.25) is 0 Å². The first-order valence-corrected chi connectivity index (χ1v) is 8.45. The molecular weight excluding hydrogens is 338 g/mol. The van der Waals surface area contributed by atoms with Crippen LogP contribution in [-0.4, -0.2) is 25.5 Å². The van der Waals surface area contributed by atoms with Gasteiger partial charge in [0.1, 0.15) is 6.54 Å². The molecule has 0 aliphatic carbocycles. The molecule has 0 aliphatic heterocycles. The van der Waals surface area contributed by atoms with Crippen molar-refractivity contribution < 1.29 is 14.5 Å². The number of rotatable bonds is 5. The summed E-state index contributed by atoms with van der Waals surface area (Å²) < 4.78 is 0. The molecule has 132 valence electrons. The second-order valence-electron chi connectivity index (χ2n) is 6.22. The summed E-state index contributed by atoms with van der Waals surface area (Å²) in [5.74, 6) is -0.341. The minimum Gasteiger partial charge on any atom is -0.326 e. The number of hydrogen-bond acceptors (Lipinski definition) is 2. The van der Waals surface area contributed by atoms with Crippen molar-refractivity contribution in [3.05, 3.63) is 64.2 Å². The van der Waals surface area contributed by atoms with Crippen LogP contribution in [0.2, 0.25) is 5.02 Å². The van der Waals surface area contributed by atoms with Crippen molar-refractivity contribution in [3.63, 3.8) is 0 Å². The molecule has 3 N–H and O–H groups in total. The number of likely N-dealkylation sites (N-methyl/N-ethyl adjacent to an activating group) is 1. The summed E-state index contributed by atoms with van der Waals surface area (Å²) in [6.45, 7) is 4.67. The lowest BCUT2D eigenvalue weighted by molar-refractivity contribution is -0.885. The molecule has 2 rings (SSSR count). The van der Waals surface area contributed by atoms with Crippen LogP contribution >= 0.6 is 11.6 Å². The Morgan fingerprint density at radius 2 is 1.84 bits per heavy atom. The van der Waals surface area contributed by atoms with Crippen LogP contribution in [-0.2, 0) is 11.3 Å². The molecule has 0 fully saturated rings. The van der Waals surface area contributed by atoms with E-state index in [1.54, 1.807) is 0 Å². The highest BCUT2D eigenvalue weighted by atomic mass is 35.5. The smallest absolute Gasteiger partial charge is 0.326 e. The fourth-order valence-corrected chi connectivity index (χ4v) is 2.78. The number of amides is 3. The molecule has 1 atom stereocenters. The number of aryl methyl sites for hydroxylation is 2. The fraction of sp³-hybridized carbons (Fsp3) is 0.263. The largest absolute Gasteiger partial charge is 0.326 e. The number of nitrogens with one attached hydrogen (secondary N) is 3. The van der Waals surface area contributed by atoms with Gasteiger partial charge in [-0.3, -0.25) is 10.1 Å². The van der Waals surface area contributed by atoms with E-state index in [9.17, 15) is 9.59 Å². The van der Waals surface area contributed by atoms with Crippen LogP contribution in [0, 0.1) is 13.8 Å². The van der Waals surface area contributed by atoms with Crippen LogP contribution in [0.1, 0.15) is 16.7 Å². The van der Waals surface area contributed by atoms with Crippen molar-refractivity contribution in [2.45, 2.75) is 20.4 Å². The minimum atomic E-state index is -0.525. The van der Waals surface area contributed by atoms with E-state index in [0.29, 0.717) is 17.3 Å². The molecule has 25 heavy (non-hydrogen) atoms. The van der Waals surface area contributed by atoms with E-state index in [1.807, 2.05) is 63.4 Å². The quantitative estimate of drug-likeness (QED) is 0.766. The third-order valence-corrected chi connectivity index (χ3v) is 4.16. The average Bonchev–Trinajstić information content (AvgIpc) is 2.52. The van der Waals surface area contributed by atoms with Crippen LogP contribution in [0.5, 0.6) is 0 Å². The Bertz CT molecular complexity index is 777. The van der Waals surface area contributed by atoms with Gasteiger partial charge < -0.3 is 10.2 Å². The summed E-state index contributed by atoms with van der Waals surface area (Å²) in [6, 6.07) is 12.7. The summed E-state index contributed by atoms with van der Waals surface area (Å²) in [6.07, 6.45) is 0. The van der Waals surface area contributed by atoms with Gasteiger partial charge in [-0.2, -0.15) is 0 Å². The van der Waals surface area contributed by atoms with Gasteiger partial charge in [0, 0.05) is 16.3 Å². The highest BCUT2D eigenvalue weighted by Crippen LogP contribution is 2.15. The molecule has 0 radical (unpaired) electrons. The van der Waals surface area contributed by atoms with Crippen LogP contribution in [0.25, 0.3) is 0 Å². The van der Waals surface area contributed by atoms with Gasteiger partial charge in [-0.1, -0.05) is 47.5 Å². The Labute approximate surface area is 153 Å². The van der Waals surface area contributed by atoms with E-state index < -0.39 is 6.03 Å². The van der Waals surface area contributed by atoms with Crippen molar-refractivity contribution in [3.8, 4) is 0 Å². The molecule has 1 unspecified atom stereocenters. The van der Waals surface area contributed by atoms with E-state index in [1.165, 1.54) is 0 Å². The number of halogens is 1. The number of quaternary nitrogens is 1. The Morgan fingerprint density at radius 1 is 1.12 bits per heavy atom. The topological polar surface area (TPSA) is 62.6 Å². The predicted molar refractivity (Wildman–Crippen MR) is 100.0 cm³/mol. The molecule has 0 saturated carbocycles. The third-order valence-electron chi connectivity index (χ3n) is 3.80. The molecule has 0 heterocycles. The molecular formula is C19H23ClN3O2+. The minimum absolute atomic E-state index is 0.172. The van der Waals surface area contributed by atoms with Crippen molar-refractivity contribution >= 4 is 29.2 Å². The Balaban J connectivity index is 1.84. The molecule has 2 aromatic carbocycles. The molecule has 0 spiro atoms. The van der Waals surface area contributed by atoms with Crippen molar-refractivity contribution in [1.82, 2.24) is 5.32 Å². The number of anilines is 1. The Kier molecular flexibility index (Phi) is 6.56. The maximum atomic E-state index is 12.0. The second-order valence-corrected chi connectivity index (χ2v) is 6.63. The molecule has 3 amide bonds. The van der Waals surface area contributed by atoms with Crippen LogP contribution < -0.4 is 15.5 Å². The van der Waals surface area contributed by atoms with E-state index in [0.717, 1.165) is 21.6 Å². The highest BCUT2D eigenvalue weighted by molar-refractivity contribution is 6.31. The molecule has 0 saturated heterocycles. The maximum Gasteiger partial charge on any atom is 0.326 e. The molecule has 5 nitrogen and oxygen atoms in total. The van der Waals surface area contributed by atoms with Gasteiger partial charge in [0.05, 0.1) is 7.05 Å². The van der Waals surface area contributed by atoms with Gasteiger partial charge in [0.25, 0.3) is 5.91 Å². The summed E-state index contributed by atoms with van der Waals surface area (Å²) >= 11 is 6.13. The predicted octanol–water partition coefficient (Wildman–Crippen LogP) is 2.32. The number of carbonyl (C=O) groups is 2. The van der Waals surface area contributed by atoms with Gasteiger partial charge in [-0.25, -0.2) is 4.79 Å². The van der Waals surface area contributed by atoms with Gasteiger partial charge in [-0.05, 0) is 31.5 Å². The maximum absolute atomic E-state index is 12.0. The first kappa shape index (κ1) is 19.0. The molecule has 2 aromatic rings. The molecule has 6 heteroatoms. The first-order valence-electron chi connectivity index (χ1n) is 8.08. The number of imide groups is 1. The van der Waals surface area contributed by atoms with Crippen molar-refractivity contribution in [2.24, 2.45) is 0 Å². The van der Waals surface area contributed by atoms with Crippen LogP contribution in [0.3, 0.4) is 0 Å². The number of hydrogen-bond donors (Lipinski definition) is 3. The first-order chi connectivity index (χ1) is 11.8. The summed E-state index contributed by atoms with van der Waals surface area (Å²) in [4.78, 5) is 25.0. The zero-order chi connectivity index (χ0) is 18.4. The average molecular weight is 361 g/mol. The fourth-order valence-electron chi connectivity index (χ4n) is 2.58. The number of urea groups is 1. The number of carbonyl (C=O) groups excluding carboxylic acids is 2. The zero-order valence-corrected chi connectivity index (χ0v) is 15.4. The summed E-state index contributed by atoms with van der Waals surface area (Å²) in [5, 5.41) is 5.73. The lowest BCUT2D eigenvalue weighted by Crippen LogP contribution is -3.09. The highest BCUT2D eigenvalue weighted by Gasteiger charge is 2.15. The van der Waals surface area contributed by atoms with Gasteiger partial charge in [0.15, 0.2) is 6.54 Å². The van der Waals surface area contributed by atoms with E-state index in [-0.39, 0.29) is 12.5 Å². The monoisotopic (exact) mass is 360 g/mol. The molecule has 0 aromatic heterocycles. The van der Waals surface area contributed by atoms with Crippen LogP contribution in [0.4, 0.5) is 10.5 Å². The third kappa shape index (κ3) is 5.89. The second kappa shape index (κ2) is 8.65. The lowest BCUT2D eigenvalue weighted by atomic mass is 10.1. The Morgan fingerprint density at radius 3 is 2.52 bits per heavy atom. The standard InChI is InChI=1S/C19H22ClN3O2/c1-13-8-9-17(14(2)10-13)21-19(25)22-18(24)12-23(3)11-15-6-4-5-7-16(15)20/h4-10H,11-12H2,1-3H3,(H2,21,22,24,25)/p+1. The molecule has 0 bridgehead atoms. The van der Waals surface area contributed by atoms with Crippen molar-refractivity contribution in [1.29, 1.82) is 0 Å². The number of benzene rings is 2. The van der Waals surface area contributed by atoms with Gasteiger partial charge in [-0.15, -0.1) is 0 Å². The van der Waals surface area contributed by atoms with E-state index in [4.69, 9.17) is 11.6 Å². The zero-order valence-electron chi connectivity index (χ0n) is 14.7. The normalized spacial score (nSPS) is 11.7. The van der Waals surface area contributed by atoms with Gasteiger partial charge >= 0.3 is 6.03 Å². The lowest BCUT2D eigenvalue weighted by Gasteiger charge is -2.15. The Hall–Kier alpha value is -2.37. The van der Waals surface area contributed by atoms with Crippen molar-refractivity contribution in [2.75, 3.05) is 18.9 Å². The van der Waals surface area contributed by atoms with E-state index in [2.05, 4.69) is 10.6 Å². The summed E-state index contributed by atoms with van der Waals surface area (Å²) in [7, 11) is 1.88. The van der Waals surface area contributed by atoms with Crippen LogP contribution in [0.15, 0.2) is 42.5 Å².